The van der Waals surface area contributed by atoms with E-state index in [-0.39, 0.29) is 5.91 Å². The van der Waals surface area contributed by atoms with Gasteiger partial charge in [0.05, 0.1) is 13.2 Å². The fourth-order valence-corrected chi connectivity index (χ4v) is 1.69. The minimum atomic E-state index is 0.0520. The number of nitrogens with zero attached hydrogens (tertiary/aromatic N) is 2. The Morgan fingerprint density at radius 3 is 2.83 bits per heavy atom. The first-order chi connectivity index (χ1) is 8.69. The molecule has 4 heteroatoms. The van der Waals surface area contributed by atoms with Gasteiger partial charge >= 0.3 is 0 Å². The van der Waals surface area contributed by atoms with Crippen LogP contribution in [0.15, 0.2) is 24.3 Å². The van der Waals surface area contributed by atoms with E-state index in [4.69, 9.17) is 10.00 Å². The molecule has 1 amide bonds. The lowest BCUT2D eigenvalue weighted by atomic mass is 10.1. The molecule has 4 nitrogen and oxygen atoms in total. The van der Waals surface area contributed by atoms with Crippen molar-refractivity contribution in [1.29, 1.82) is 5.26 Å². The number of carbonyl (C=O) groups excluding carboxylic acids is 1. The van der Waals surface area contributed by atoms with Gasteiger partial charge in [-0.3, -0.25) is 4.79 Å². The van der Waals surface area contributed by atoms with Crippen molar-refractivity contribution in [2.75, 3.05) is 14.2 Å². The van der Waals surface area contributed by atoms with Gasteiger partial charge in [-0.05, 0) is 12.5 Å². The highest BCUT2D eigenvalue weighted by Crippen LogP contribution is 2.19. The monoisotopic (exact) mass is 246 g/mol. The summed E-state index contributed by atoms with van der Waals surface area (Å²) < 4.78 is 5.24. The quantitative estimate of drug-likeness (QED) is 0.724. The lowest BCUT2D eigenvalue weighted by Crippen LogP contribution is -2.26. The summed E-state index contributed by atoms with van der Waals surface area (Å²) in [5.74, 6) is 0.838. The molecule has 0 fully saturated rings. The molecule has 0 aromatic heterocycles. The molecule has 0 aliphatic rings. The van der Waals surface area contributed by atoms with E-state index in [2.05, 4.69) is 0 Å². The highest BCUT2D eigenvalue weighted by atomic mass is 16.5. The molecular weight excluding hydrogens is 228 g/mol. The van der Waals surface area contributed by atoms with Gasteiger partial charge in [-0.2, -0.15) is 5.26 Å². The number of nitriles is 1. The molecule has 0 bridgehead atoms. The average molecular weight is 246 g/mol. The lowest BCUT2D eigenvalue weighted by molar-refractivity contribution is -0.130. The molecule has 1 aromatic carbocycles. The first kappa shape index (κ1) is 14.0. The zero-order valence-corrected chi connectivity index (χ0v) is 10.8. The molecule has 1 aromatic rings. The Morgan fingerprint density at radius 2 is 2.17 bits per heavy atom. The number of carbonyl (C=O) groups is 1. The maximum absolute atomic E-state index is 11.8. The van der Waals surface area contributed by atoms with E-state index in [1.165, 1.54) is 0 Å². The molecule has 1 rings (SSSR count). The third-order valence-corrected chi connectivity index (χ3v) is 2.71. The summed E-state index contributed by atoms with van der Waals surface area (Å²) in [6.45, 7) is 0.523. The molecule has 0 unspecified atom stereocenters. The van der Waals surface area contributed by atoms with E-state index in [9.17, 15) is 4.79 Å². The van der Waals surface area contributed by atoms with Crippen LogP contribution in [-0.4, -0.2) is 25.0 Å². The van der Waals surface area contributed by atoms with Crippen molar-refractivity contribution in [2.45, 2.75) is 25.8 Å². The van der Waals surface area contributed by atoms with Gasteiger partial charge in [0.25, 0.3) is 0 Å². The molecule has 18 heavy (non-hydrogen) atoms. The number of para-hydroxylation sites is 1. The van der Waals surface area contributed by atoms with Gasteiger partial charge in [0, 0.05) is 32.0 Å². The summed E-state index contributed by atoms with van der Waals surface area (Å²) in [6, 6.07) is 9.68. The first-order valence-electron chi connectivity index (χ1n) is 5.92. The van der Waals surface area contributed by atoms with Crippen LogP contribution in [0.5, 0.6) is 5.75 Å². The van der Waals surface area contributed by atoms with Gasteiger partial charge in [-0.25, -0.2) is 0 Å². The van der Waals surface area contributed by atoms with Gasteiger partial charge in [-0.15, -0.1) is 0 Å². The number of rotatable bonds is 6. The van der Waals surface area contributed by atoms with Crippen molar-refractivity contribution in [3.8, 4) is 11.8 Å². The smallest absolute Gasteiger partial charge is 0.222 e. The summed E-state index contributed by atoms with van der Waals surface area (Å²) in [6.07, 6.45) is 1.46. The van der Waals surface area contributed by atoms with Crippen molar-refractivity contribution in [3.63, 3.8) is 0 Å². The van der Waals surface area contributed by atoms with Gasteiger partial charge in [0.15, 0.2) is 0 Å². The van der Waals surface area contributed by atoms with Crippen LogP contribution in [0.2, 0.25) is 0 Å². The second-order valence-electron chi connectivity index (χ2n) is 4.07. The number of amides is 1. The second-order valence-corrected chi connectivity index (χ2v) is 4.07. The normalized spacial score (nSPS) is 9.61. The van der Waals surface area contributed by atoms with Crippen molar-refractivity contribution in [3.05, 3.63) is 29.8 Å². The van der Waals surface area contributed by atoms with Gasteiger partial charge in [0.1, 0.15) is 5.75 Å². The first-order valence-corrected chi connectivity index (χ1v) is 5.92. The zero-order valence-electron chi connectivity index (χ0n) is 10.8. The maximum atomic E-state index is 11.8. The Morgan fingerprint density at radius 1 is 1.44 bits per heavy atom. The second kappa shape index (κ2) is 7.33. The fourth-order valence-electron chi connectivity index (χ4n) is 1.69. The Bertz CT molecular complexity index is 438. The molecule has 0 saturated heterocycles. The zero-order chi connectivity index (χ0) is 13.4. The highest BCUT2D eigenvalue weighted by molar-refractivity contribution is 5.75. The molecule has 0 saturated carbocycles. The van der Waals surface area contributed by atoms with E-state index >= 15 is 0 Å². The van der Waals surface area contributed by atoms with E-state index < -0.39 is 0 Å². The Balaban J connectivity index is 2.56. The summed E-state index contributed by atoms with van der Waals surface area (Å²) in [5.41, 5.74) is 0.983. The van der Waals surface area contributed by atoms with Crippen molar-refractivity contribution in [2.24, 2.45) is 0 Å². The molecule has 0 atom stereocenters. The van der Waals surface area contributed by atoms with Crippen molar-refractivity contribution < 1.29 is 9.53 Å². The minimum Gasteiger partial charge on any atom is -0.496 e. The van der Waals surface area contributed by atoms with Crippen LogP contribution >= 0.6 is 0 Å². The Kier molecular flexibility index (Phi) is 5.72. The number of hydrogen-bond acceptors (Lipinski definition) is 3. The Hall–Kier alpha value is -2.02. The number of unbranched alkanes of at least 4 members (excludes halogenated alkanes) is 1. The predicted molar refractivity (Wildman–Crippen MR) is 68.9 cm³/mol. The van der Waals surface area contributed by atoms with Gasteiger partial charge < -0.3 is 9.64 Å². The van der Waals surface area contributed by atoms with Crippen molar-refractivity contribution >= 4 is 5.91 Å². The number of hydrogen-bond donors (Lipinski definition) is 0. The van der Waals surface area contributed by atoms with Crippen LogP contribution in [0, 0.1) is 11.3 Å². The molecule has 96 valence electrons. The molecule has 0 spiro atoms. The van der Waals surface area contributed by atoms with Gasteiger partial charge in [0.2, 0.25) is 5.91 Å². The van der Waals surface area contributed by atoms with Gasteiger partial charge in [-0.1, -0.05) is 18.2 Å². The van der Waals surface area contributed by atoms with E-state index in [1.54, 1.807) is 19.1 Å². The molecular formula is C14H18N2O2. The van der Waals surface area contributed by atoms with Crippen LogP contribution in [0.3, 0.4) is 0 Å². The molecule has 0 heterocycles. The summed E-state index contributed by atoms with van der Waals surface area (Å²) in [5, 5.41) is 8.43. The number of ether oxygens (including phenoxy) is 1. The molecule has 0 N–H and O–H groups in total. The highest BCUT2D eigenvalue weighted by Gasteiger charge is 2.11. The number of methoxy groups -OCH3 is 1. The van der Waals surface area contributed by atoms with E-state index in [0.717, 1.165) is 11.3 Å². The summed E-state index contributed by atoms with van der Waals surface area (Å²) in [7, 11) is 3.38. The average Bonchev–Trinajstić information content (AvgIpc) is 2.39. The van der Waals surface area contributed by atoms with Crippen LogP contribution < -0.4 is 4.74 Å². The maximum Gasteiger partial charge on any atom is 0.222 e. The summed E-state index contributed by atoms with van der Waals surface area (Å²) >= 11 is 0. The largest absolute Gasteiger partial charge is 0.496 e. The predicted octanol–water partition coefficient (Wildman–Crippen LogP) is 2.35. The van der Waals surface area contributed by atoms with Crippen LogP contribution in [0.4, 0.5) is 0 Å². The summed E-state index contributed by atoms with van der Waals surface area (Å²) in [4.78, 5) is 13.5. The Labute approximate surface area is 108 Å². The van der Waals surface area contributed by atoms with Crippen LogP contribution in [0.25, 0.3) is 0 Å². The standard InChI is InChI=1S/C14H18N2O2/c1-16(14(17)9-5-6-10-15)11-12-7-3-4-8-13(12)18-2/h3-4,7-8H,5-6,9,11H2,1-2H3. The van der Waals surface area contributed by atoms with Crippen LogP contribution in [0.1, 0.15) is 24.8 Å². The molecule has 0 radical (unpaired) electrons. The lowest BCUT2D eigenvalue weighted by Gasteiger charge is -2.18. The van der Waals surface area contributed by atoms with E-state index in [0.29, 0.717) is 25.8 Å². The third-order valence-electron chi connectivity index (χ3n) is 2.71. The minimum absolute atomic E-state index is 0.0520. The van der Waals surface area contributed by atoms with E-state index in [1.807, 2.05) is 30.3 Å². The fraction of sp³-hybridized carbons (Fsp3) is 0.429. The topological polar surface area (TPSA) is 53.3 Å². The van der Waals surface area contributed by atoms with Crippen molar-refractivity contribution in [1.82, 2.24) is 4.90 Å². The number of benzene rings is 1. The molecule has 0 aliphatic carbocycles. The molecule has 0 aliphatic heterocycles. The SMILES string of the molecule is COc1ccccc1CN(C)C(=O)CCCC#N. The van der Waals surface area contributed by atoms with Crippen LogP contribution in [-0.2, 0) is 11.3 Å². The third kappa shape index (κ3) is 4.10.